The lowest BCUT2D eigenvalue weighted by Gasteiger charge is -2.07. The molecule has 2 aromatic heterocycles. The largest absolute Gasteiger partial charge is 0.355 e. The zero-order valence-electron chi connectivity index (χ0n) is 13.9. The quantitative estimate of drug-likeness (QED) is 0.758. The van der Waals surface area contributed by atoms with Gasteiger partial charge in [0, 0.05) is 36.8 Å². The average Bonchev–Trinajstić information content (AvgIpc) is 2.68. The number of benzene rings is 1. The maximum Gasteiger partial charge on any atom is 0.258 e. The summed E-state index contributed by atoms with van der Waals surface area (Å²) in [4.78, 5) is 31.9. The second-order valence-corrected chi connectivity index (χ2v) is 5.41. The summed E-state index contributed by atoms with van der Waals surface area (Å²) >= 11 is 0. The molecule has 0 aliphatic carbocycles. The molecule has 6 nitrogen and oxygen atoms in total. The zero-order chi connectivity index (χ0) is 18.5. The van der Waals surface area contributed by atoms with Crippen LogP contribution in [0.1, 0.15) is 20.7 Å². The summed E-state index contributed by atoms with van der Waals surface area (Å²) in [5.74, 6) is -0.801. The van der Waals surface area contributed by atoms with Crippen LogP contribution >= 0.6 is 0 Å². The van der Waals surface area contributed by atoms with Crippen molar-refractivity contribution in [3.8, 4) is 11.1 Å². The van der Waals surface area contributed by atoms with E-state index < -0.39 is 11.7 Å². The second kappa shape index (κ2) is 7.52. The Morgan fingerprint density at radius 1 is 0.962 bits per heavy atom. The van der Waals surface area contributed by atoms with Crippen molar-refractivity contribution in [3.05, 3.63) is 78.0 Å². The third kappa shape index (κ3) is 3.72. The lowest BCUT2D eigenvalue weighted by atomic mass is 10.1. The zero-order valence-corrected chi connectivity index (χ0v) is 13.9. The lowest BCUT2D eigenvalue weighted by Crippen LogP contribution is -2.18. The van der Waals surface area contributed by atoms with Gasteiger partial charge in [-0.15, -0.1) is 0 Å². The van der Waals surface area contributed by atoms with E-state index in [4.69, 9.17) is 0 Å². The highest BCUT2D eigenvalue weighted by Crippen LogP contribution is 2.22. The van der Waals surface area contributed by atoms with Crippen molar-refractivity contribution in [1.29, 1.82) is 0 Å². The first-order valence-electron chi connectivity index (χ1n) is 7.78. The highest BCUT2D eigenvalue weighted by atomic mass is 19.1. The summed E-state index contributed by atoms with van der Waals surface area (Å²) in [6, 6.07) is 10.9. The van der Waals surface area contributed by atoms with Gasteiger partial charge in [0.15, 0.2) is 0 Å². The highest BCUT2D eigenvalue weighted by molar-refractivity contribution is 6.04. The first-order chi connectivity index (χ1) is 12.6. The van der Waals surface area contributed by atoms with Gasteiger partial charge in [-0.05, 0) is 24.3 Å². The topological polar surface area (TPSA) is 84.0 Å². The normalized spacial score (nSPS) is 10.2. The number of anilines is 1. The molecule has 2 heterocycles. The van der Waals surface area contributed by atoms with Crippen molar-refractivity contribution in [3.63, 3.8) is 0 Å². The number of nitrogens with zero attached hydrogens (tertiary/aromatic N) is 2. The van der Waals surface area contributed by atoms with Gasteiger partial charge in [-0.3, -0.25) is 14.6 Å². The summed E-state index contributed by atoms with van der Waals surface area (Å²) in [7, 11) is 1.52. The molecule has 3 aromatic rings. The summed E-state index contributed by atoms with van der Waals surface area (Å²) in [5, 5.41) is 5.11. The molecule has 130 valence electrons. The predicted octanol–water partition coefficient (Wildman–Crippen LogP) is 2.89. The van der Waals surface area contributed by atoms with Gasteiger partial charge in [0.2, 0.25) is 0 Å². The summed E-state index contributed by atoms with van der Waals surface area (Å²) in [5.41, 5.74) is 1.51. The van der Waals surface area contributed by atoms with Crippen LogP contribution in [-0.4, -0.2) is 28.8 Å². The van der Waals surface area contributed by atoms with Gasteiger partial charge in [0.05, 0.1) is 11.1 Å². The first kappa shape index (κ1) is 17.2. The van der Waals surface area contributed by atoms with Gasteiger partial charge in [0.1, 0.15) is 11.6 Å². The van der Waals surface area contributed by atoms with E-state index in [2.05, 4.69) is 20.6 Å². The maximum atomic E-state index is 13.9. The van der Waals surface area contributed by atoms with E-state index in [1.165, 1.54) is 37.8 Å². The molecule has 0 bridgehead atoms. The van der Waals surface area contributed by atoms with Crippen molar-refractivity contribution in [2.45, 2.75) is 0 Å². The van der Waals surface area contributed by atoms with Gasteiger partial charge in [0.25, 0.3) is 11.8 Å². The highest BCUT2D eigenvalue weighted by Gasteiger charge is 2.11. The van der Waals surface area contributed by atoms with Crippen LogP contribution in [0.3, 0.4) is 0 Å². The number of carbonyl (C=O) groups is 2. The van der Waals surface area contributed by atoms with Crippen LogP contribution in [0.5, 0.6) is 0 Å². The van der Waals surface area contributed by atoms with Crippen LogP contribution in [0.2, 0.25) is 0 Å². The average molecular weight is 350 g/mol. The Balaban J connectivity index is 1.79. The molecule has 7 heteroatoms. The van der Waals surface area contributed by atoms with Crippen LogP contribution in [0, 0.1) is 5.82 Å². The number of carbonyl (C=O) groups excluding carboxylic acids is 2. The third-order valence-electron chi connectivity index (χ3n) is 3.68. The Bertz CT molecular complexity index is 958. The number of hydrogen-bond donors (Lipinski definition) is 2. The van der Waals surface area contributed by atoms with E-state index in [1.807, 2.05) is 0 Å². The molecule has 0 aliphatic rings. The molecule has 0 aliphatic heterocycles. The summed E-state index contributed by atoms with van der Waals surface area (Å²) in [6.07, 6.45) is 4.24. The number of halogens is 1. The summed E-state index contributed by atoms with van der Waals surface area (Å²) < 4.78 is 13.9. The molecule has 0 unspecified atom stereocenters. The lowest BCUT2D eigenvalue weighted by molar-refractivity contribution is 0.0962. The van der Waals surface area contributed by atoms with E-state index in [0.717, 1.165) is 0 Å². The molecular weight excluding hydrogens is 335 g/mol. The Hall–Kier alpha value is -3.61. The van der Waals surface area contributed by atoms with Gasteiger partial charge in [-0.2, -0.15) is 0 Å². The van der Waals surface area contributed by atoms with Crippen molar-refractivity contribution in [2.24, 2.45) is 0 Å². The van der Waals surface area contributed by atoms with Gasteiger partial charge >= 0.3 is 0 Å². The smallest absolute Gasteiger partial charge is 0.258 e. The van der Waals surface area contributed by atoms with Crippen molar-refractivity contribution < 1.29 is 14.0 Å². The fourth-order valence-electron chi connectivity index (χ4n) is 2.34. The van der Waals surface area contributed by atoms with Gasteiger partial charge in [-0.25, -0.2) is 9.37 Å². The monoisotopic (exact) mass is 350 g/mol. The van der Waals surface area contributed by atoms with E-state index >= 15 is 0 Å². The van der Waals surface area contributed by atoms with Crippen LogP contribution in [0.15, 0.2) is 61.1 Å². The van der Waals surface area contributed by atoms with Crippen LogP contribution in [-0.2, 0) is 0 Å². The molecule has 0 saturated heterocycles. The number of hydrogen-bond acceptors (Lipinski definition) is 4. The number of pyridine rings is 2. The Morgan fingerprint density at radius 2 is 1.77 bits per heavy atom. The Labute approximate surface area is 149 Å². The fraction of sp³-hybridized carbons (Fsp3) is 0.0526. The minimum absolute atomic E-state index is 0.267. The van der Waals surface area contributed by atoms with E-state index in [-0.39, 0.29) is 11.5 Å². The number of nitrogens with one attached hydrogen (secondary N) is 2. The van der Waals surface area contributed by atoms with Crippen molar-refractivity contribution in [2.75, 3.05) is 12.4 Å². The van der Waals surface area contributed by atoms with Gasteiger partial charge in [-0.1, -0.05) is 18.2 Å². The minimum atomic E-state index is -0.434. The van der Waals surface area contributed by atoms with Gasteiger partial charge < -0.3 is 10.6 Å². The fourth-order valence-corrected chi connectivity index (χ4v) is 2.34. The second-order valence-electron chi connectivity index (χ2n) is 5.41. The minimum Gasteiger partial charge on any atom is -0.355 e. The molecule has 2 amide bonds. The first-order valence-corrected chi connectivity index (χ1v) is 7.78. The van der Waals surface area contributed by atoms with Crippen LogP contribution in [0.25, 0.3) is 11.1 Å². The Morgan fingerprint density at radius 3 is 2.46 bits per heavy atom. The third-order valence-corrected chi connectivity index (χ3v) is 3.68. The molecular formula is C19H15FN4O2. The van der Waals surface area contributed by atoms with E-state index in [1.54, 1.807) is 30.3 Å². The summed E-state index contributed by atoms with van der Waals surface area (Å²) in [6.45, 7) is 0. The molecule has 26 heavy (non-hydrogen) atoms. The standard InChI is InChI=1S/C19H15FN4O2/c1-21-18(25)12-6-7-17(23-11-12)24-19(26)14-8-13(9-22-10-14)15-4-2-3-5-16(15)20/h2-11H,1H3,(H,21,25)(H,23,24,26). The molecule has 0 atom stereocenters. The van der Waals surface area contributed by atoms with Crippen LogP contribution < -0.4 is 10.6 Å². The number of amides is 2. The molecule has 0 radical (unpaired) electrons. The molecule has 2 N–H and O–H groups in total. The number of aromatic nitrogens is 2. The Kier molecular flexibility index (Phi) is 4.98. The van der Waals surface area contributed by atoms with E-state index in [9.17, 15) is 14.0 Å². The SMILES string of the molecule is CNC(=O)c1ccc(NC(=O)c2cncc(-c3ccccc3F)c2)nc1. The van der Waals surface area contributed by atoms with Crippen molar-refractivity contribution >= 4 is 17.6 Å². The van der Waals surface area contributed by atoms with Crippen LogP contribution in [0.4, 0.5) is 10.2 Å². The maximum absolute atomic E-state index is 13.9. The molecule has 1 aromatic carbocycles. The van der Waals surface area contributed by atoms with E-state index in [0.29, 0.717) is 22.5 Å². The molecule has 0 spiro atoms. The predicted molar refractivity (Wildman–Crippen MR) is 95.2 cm³/mol. The molecule has 0 saturated carbocycles. The molecule has 0 fully saturated rings. The molecule has 3 rings (SSSR count). The van der Waals surface area contributed by atoms with Crippen molar-refractivity contribution in [1.82, 2.24) is 15.3 Å². The number of rotatable bonds is 4.